The summed E-state index contributed by atoms with van der Waals surface area (Å²) < 4.78 is 6.04. The largest absolute Gasteiger partial charge is 0.488 e. The Morgan fingerprint density at radius 1 is 1.14 bits per heavy atom. The molecular weight excluding hydrogens is 260 g/mol. The summed E-state index contributed by atoms with van der Waals surface area (Å²) >= 11 is 0. The zero-order valence-corrected chi connectivity index (χ0v) is 12.5. The van der Waals surface area contributed by atoms with E-state index in [0.29, 0.717) is 6.54 Å². The third-order valence-electron chi connectivity index (χ3n) is 4.06. The van der Waals surface area contributed by atoms with Gasteiger partial charge in [0.2, 0.25) is 0 Å². The second-order valence-corrected chi connectivity index (χ2v) is 5.46. The van der Waals surface area contributed by atoms with Gasteiger partial charge in [0.1, 0.15) is 11.9 Å². The van der Waals surface area contributed by atoms with Crippen LogP contribution >= 0.6 is 0 Å². The molecule has 0 radical (unpaired) electrons. The predicted molar refractivity (Wildman–Crippen MR) is 86.8 cm³/mol. The van der Waals surface area contributed by atoms with E-state index in [2.05, 4.69) is 54.3 Å². The Hall–Kier alpha value is -2.00. The van der Waals surface area contributed by atoms with E-state index in [1.165, 1.54) is 16.8 Å². The van der Waals surface area contributed by atoms with Crippen LogP contribution in [0.2, 0.25) is 0 Å². The first-order valence-corrected chi connectivity index (χ1v) is 7.58. The van der Waals surface area contributed by atoms with Crippen molar-refractivity contribution in [3.63, 3.8) is 0 Å². The predicted octanol–water partition coefficient (Wildman–Crippen LogP) is 2.98. The van der Waals surface area contributed by atoms with Crippen molar-refractivity contribution in [3.05, 3.63) is 59.7 Å². The number of hydrogen-bond acceptors (Lipinski definition) is 3. The molecule has 1 aliphatic heterocycles. The van der Waals surface area contributed by atoms with Crippen LogP contribution in [0.3, 0.4) is 0 Å². The zero-order chi connectivity index (χ0) is 14.7. The third kappa shape index (κ3) is 3.03. The minimum atomic E-state index is 0.233. The van der Waals surface area contributed by atoms with Crippen molar-refractivity contribution in [1.82, 2.24) is 0 Å². The molecular formula is C18H22N2O. The third-order valence-corrected chi connectivity index (χ3v) is 4.06. The Kier molecular flexibility index (Phi) is 4.11. The van der Waals surface area contributed by atoms with Crippen LogP contribution in [0.5, 0.6) is 5.75 Å². The van der Waals surface area contributed by atoms with Crippen LogP contribution in [-0.4, -0.2) is 19.2 Å². The van der Waals surface area contributed by atoms with E-state index in [4.69, 9.17) is 10.5 Å². The molecule has 2 N–H and O–H groups in total. The van der Waals surface area contributed by atoms with E-state index < -0.39 is 0 Å². The van der Waals surface area contributed by atoms with E-state index in [-0.39, 0.29) is 6.10 Å². The van der Waals surface area contributed by atoms with Crippen LogP contribution in [0.1, 0.15) is 18.1 Å². The van der Waals surface area contributed by atoms with Gasteiger partial charge >= 0.3 is 0 Å². The minimum Gasteiger partial charge on any atom is -0.488 e. The van der Waals surface area contributed by atoms with Gasteiger partial charge in [-0.1, -0.05) is 30.3 Å². The van der Waals surface area contributed by atoms with Gasteiger partial charge in [0.25, 0.3) is 0 Å². The fourth-order valence-corrected chi connectivity index (χ4v) is 2.86. The molecule has 0 saturated heterocycles. The van der Waals surface area contributed by atoms with Crippen molar-refractivity contribution in [2.75, 3.05) is 18.0 Å². The van der Waals surface area contributed by atoms with E-state index in [0.717, 1.165) is 25.3 Å². The molecule has 0 aromatic heterocycles. The standard InChI is InChI=1S/C18H22N2O/c1-2-20(16-9-7-14(12-19)8-10-16)13-17-11-15-5-3-4-6-18(15)21-17/h3-10,17H,2,11-13,19H2,1H3. The monoisotopic (exact) mass is 282 g/mol. The Morgan fingerprint density at radius 3 is 2.57 bits per heavy atom. The molecule has 3 nitrogen and oxygen atoms in total. The van der Waals surface area contributed by atoms with Crippen molar-refractivity contribution < 1.29 is 4.74 Å². The van der Waals surface area contributed by atoms with E-state index in [9.17, 15) is 0 Å². The molecule has 0 amide bonds. The second-order valence-electron chi connectivity index (χ2n) is 5.46. The summed E-state index contributed by atoms with van der Waals surface area (Å²) in [5.74, 6) is 1.04. The minimum absolute atomic E-state index is 0.233. The van der Waals surface area contributed by atoms with Crippen molar-refractivity contribution in [2.45, 2.75) is 26.0 Å². The first-order valence-electron chi connectivity index (χ1n) is 7.58. The lowest BCUT2D eigenvalue weighted by Crippen LogP contribution is -2.34. The van der Waals surface area contributed by atoms with Crippen molar-refractivity contribution in [2.24, 2.45) is 5.73 Å². The summed E-state index contributed by atoms with van der Waals surface area (Å²) in [6.07, 6.45) is 1.23. The lowest BCUT2D eigenvalue weighted by atomic mass is 10.1. The average molecular weight is 282 g/mol. The highest BCUT2D eigenvalue weighted by Crippen LogP contribution is 2.29. The van der Waals surface area contributed by atoms with Gasteiger partial charge in [-0.2, -0.15) is 0 Å². The summed E-state index contributed by atoms with van der Waals surface area (Å²) in [5.41, 5.74) is 9.37. The number of rotatable bonds is 5. The quantitative estimate of drug-likeness (QED) is 0.916. The van der Waals surface area contributed by atoms with Gasteiger partial charge in [0, 0.05) is 25.2 Å². The first kappa shape index (κ1) is 14.0. The average Bonchev–Trinajstić information content (AvgIpc) is 2.95. The van der Waals surface area contributed by atoms with Gasteiger partial charge in [-0.3, -0.25) is 0 Å². The highest BCUT2D eigenvalue weighted by molar-refractivity contribution is 5.48. The maximum Gasteiger partial charge on any atom is 0.123 e. The molecule has 1 heterocycles. The number of benzene rings is 2. The number of anilines is 1. The van der Waals surface area contributed by atoms with Gasteiger partial charge in [-0.05, 0) is 36.2 Å². The lowest BCUT2D eigenvalue weighted by Gasteiger charge is -2.26. The molecule has 0 aliphatic carbocycles. The highest BCUT2D eigenvalue weighted by Gasteiger charge is 2.24. The van der Waals surface area contributed by atoms with Crippen LogP contribution in [0.4, 0.5) is 5.69 Å². The fourth-order valence-electron chi connectivity index (χ4n) is 2.86. The van der Waals surface area contributed by atoms with E-state index >= 15 is 0 Å². The Labute approximate surface area is 126 Å². The number of hydrogen-bond donors (Lipinski definition) is 1. The summed E-state index contributed by atoms with van der Waals surface area (Å²) in [4.78, 5) is 2.36. The van der Waals surface area contributed by atoms with Gasteiger partial charge < -0.3 is 15.4 Å². The van der Waals surface area contributed by atoms with Gasteiger partial charge in [-0.25, -0.2) is 0 Å². The fraction of sp³-hybridized carbons (Fsp3) is 0.333. The normalized spacial score (nSPS) is 16.4. The number of nitrogens with zero attached hydrogens (tertiary/aromatic N) is 1. The molecule has 3 rings (SSSR count). The molecule has 3 heteroatoms. The summed E-state index contributed by atoms with van der Waals surface area (Å²) in [6.45, 7) is 4.65. The second kappa shape index (κ2) is 6.19. The van der Waals surface area contributed by atoms with Crippen LogP contribution in [0.15, 0.2) is 48.5 Å². The molecule has 2 aromatic carbocycles. The molecule has 2 aromatic rings. The lowest BCUT2D eigenvalue weighted by molar-refractivity contribution is 0.237. The summed E-state index contributed by atoms with van der Waals surface area (Å²) in [7, 11) is 0. The maximum atomic E-state index is 6.04. The zero-order valence-electron chi connectivity index (χ0n) is 12.5. The van der Waals surface area contributed by atoms with Crippen molar-refractivity contribution in [3.8, 4) is 5.75 Å². The summed E-state index contributed by atoms with van der Waals surface area (Å²) in [5, 5.41) is 0. The van der Waals surface area contributed by atoms with E-state index in [1.807, 2.05) is 6.07 Å². The Bertz CT molecular complexity index is 569. The molecule has 0 saturated carbocycles. The van der Waals surface area contributed by atoms with E-state index in [1.54, 1.807) is 0 Å². The van der Waals surface area contributed by atoms with Crippen LogP contribution in [0, 0.1) is 0 Å². The molecule has 1 aliphatic rings. The Balaban J connectivity index is 1.68. The van der Waals surface area contributed by atoms with Crippen LogP contribution < -0.4 is 15.4 Å². The van der Waals surface area contributed by atoms with Crippen LogP contribution in [0.25, 0.3) is 0 Å². The molecule has 21 heavy (non-hydrogen) atoms. The number of nitrogens with two attached hydrogens (primary N) is 1. The number of ether oxygens (including phenoxy) is 1. The highest BCUT2D eigenvalue weighted by atomic mass is 16.5. The number of para-hydroxylation sites is 1. The SMILES string of the molecule is CCN(CC1Cc2ccccc2O1)c1ccc(CN)cc1. The van der Waals surface area contributed by atoms with Gasteiger partial charge in [0.05, 0.1) is 6.54 Å². The molecule has 1 unspecified atom stereocenters. The molecule has 0 bridgehead atoms. The Morgan fingerprint density at radius 2 is 1.90 bits per heavy atom. The van der Waals surface area contributed by atoms with Gasteiger partial charge in [0.15, 0.2) is 0 Å². The number of likely N-dealkylation sites (N-methyl/N-ethyl adjacent to an activating group) is 1. The molecule has 1 atom stereocenters. The topological polar surface area (TPSA) is 38.5 Å². The van der Waals surface area contributed by atoms with Crippen molar-refractivity contribution in [1.29, 1.82) is 0 Å². The van der Waals surface area contributed by atoms with Crippen LogP contribution in [-0.2, 0) is 13.0 Å². The maximum absolute atomic E-state index is 6.04. The number of fused-ring (bicyclic) bond motifs is 1. The van der Waals surface area contributed by atoms with Gasteiger partial charge in [-0.15, -0.1) is 0 Å². The molecule has 0 fully saturated rings. The molecule has 110 valence electrons. The summed E-state index contributed by atoms with van der Waals surface area (Å²) in [6, 6.07) is 16.8. The molecule has 0 spiro atoms. The first-order chi connectivity index (χ1) is 10.3. The smallest absolute Gasteiger partial charge is 0.123 e. The van der Waals surface area contributed by atoms with Crippen molar-refractivity contribution >= 4 is 5.69 Å².